The molecule has 0 aromatic carbocycles. The number of hydrogen-bond donors (Lipinski definition) is 1. The van der Waals surface area contributed by atoms with Gasteiger partial charge in [0.15, 0.2) is 0 Å². The second-order valence-electron chi connectivity index (χ2n) is 13.7. The predicted molar refractivity (Wildman–Crippen MR) is 195 cm³/mol. The Hall–Kier alpha value is -1.14. The van der Waals surface area contributed by atoms with Crippen molar-refractivity contribution in [1.82, 2.24) is 4.90 Å². The van der Waals surface area contributed by atoms with Gasteiger partial charge in [-0.3, -0.25) is 9.59 Å². The van der Waals surface area contributed by atoms with Gasteiger partial charge in [0.2, 0.25) is 0 Å². The van der Waals surface area contributed by atoms with Crippen LogP contribution in [-0.2, 0) is 19.1 Å². The zero-order chi connectivity index (χ0) is 33.6. The van der Waals surface area contributed by atoms with E-state index in [1.807, 2.05) is 0 Å². The lowest BCUT2D eigenvalue weighted by atomic mass is 10.1. The van der Waals surface area contributed by atoms with Crippen molar-refractivity contribution in [3.8, 4) is 0 Å². The molecule has 0 aromatic rings. The van der Waals surface area contributed by atoms with Gasteiger partial charge in [-0.15, -0.1) is 0 Å². The van der Waals surface area contributed by atoms with E-state index in [9.17, 15) is 14.7 Å². The maximum absolute atomic E-state index is 12.0. The highest BCUT2D eigenvalue weighted by Gasteiger charge is 2.06. The SMILES string of the molecule is CCCCCCCCCCCOC(=O)CCCCCCCN(CCO)CCCCCCCC(=O)OCCCCCCCCCCC. The van der Waals surface area contributed by atoms with E-state index in [1.165, 1.54) is 116 Å². The van der Waals surface area contributed by atoms with Crippen LogP contribution in [0.3, 0.4) is 0 Å². The standard InChI is InChI=1S/C40H79NO5/c1-3-5-7-9-11-13-15-23-29-37-45-39(43)31-25-19-17-21-27-33-41(35-36-42)34-28-22-18-20-26-32-40(44)46-38-30-24-16-14-12-10-8-6-4-2/h42H,3-38H2,1-2H3. The Kier molecular flexibility index (Phi) is 37.4. The van der Waals surface area contributed by atoms with Gasteiger partial charge < -0.3 is 19.5 Å². The predicted octanol–water partition coefficient (Wildman–Crippen LogP) is 11.1. The summed E-state index contributed by atoms with van der Waals surface area (Å²) in [5.41, 5.74) is 0. The van der Waals surface area contributed by atoms with Crippen molar-refractivity contribution in [2.24, 2.45) is 0 Å². The minimum Gasteiger partial charge on any atom is -0.466 e. The van der Waals surface area contributed by atoms with Gasteiger partial charge in [0.05, 0.1) is 19.8 Å². The van der Waals surface area contributed by atoms with Crippen LogP contribution >= 0.6 is 0 Å². The monoisotopic (exact) mass is 654 g/mol. The van der Waals surface area contributed by atoms with E-state index in [0.29, 0.717) is 26.1 Å². The zero-order valence-corrected chi connectivity index (χ0v) is 31.0. The van der Waals surface area contributed by atoms with Gasteiger partial charge in [-0.05, 0) is 51.6 Å². The number of nitrogens with zero attached hydrogens (tertiary/aromatic N) is 1. The van der Waals surface area contributed by atoms with Gasteiger partial charge in [0.25, 0.3) is 0 Å². The van der Waals surface area contributed by atoms with Crippen molar-refractivity contribution in [2.45, 2.75) is 206 Å². The molecule has 6 nitrogen and oxygen atoms in total. The fraction of sp³-hybridized carbons (Fsp3) is 0.950. The zero-order valence-electron chi connectivity index (χ0n) is 31.0. The fourth-order valence-electron chi connectivity index (χ4n) is 6.09. The molecule has 0 saturated carbocycles. The molecule has 6 heteroatoms. The maximum atomic E-state index is 12.0. The molecule has 46 heavy (non-hydrogen) atoms. The molecular formula is C40H79NO5. The molecule has 0 bridgehead atoms. The second kappa shape index (κ2) is 38.3. The van der Waals surface area contributed by atoms with E-state index >= 15 is 0 Å². The molecule has 0 spiro atoms. The summed E-state index contributed by atoms with van der Waals surface area (Å²) in [6, 6.07) is 0. The third-order valence-electron chi connectivity index (χ3n) is 9.15. The number of aliphatic hydroxyl groups excluding tert-OH is 1. The number of ether oxygens (including phenoxy) is 2. The average molecular weight is 654 g/mol. The first-order valence-electron chi connectivity index (χ1n) is 20.3. The number of rotatable bonds is 38. The van der Waals surface area contributed by atoms with Crippen LogP contribution in [0.4, 0.5) is 0 Å². The second-order valence-corrected chi connectivity index (χ2v) is 13.7. The van der Waals surface area contributed by atoms with Crippen molar-refractivity contribution in [1.29, 1.82) is 0 Å². The van der Waals surface area contributed by atoms with Crippen LogP contribution in [0.25, 0.3) is 0 Å². The third kappa shape index (κ3) is 35.7. The van der Waals surface area contributed by atoms with Crippen molar-refractivity contribution in [3.05, 3.63) is 0 Å². The molecule has 0 aliphatic carbocycles. The van der Waals surface area contributed by atoms with Gasteiger partial charge >= 0.3 is 11.9 Å². The first-order chi connectivity index (χ1) is 22.6. The lowest BCUT2D eigenvalue weighted by molar-refractivity contribution is -0.144. The van der Waals surface area contributed by atoms with Gasteiger partial charge in [-0.25, -0.2) is 0 Å². The molecule has 0 heterocycles. The Morgan fingerprint density at radius 2 is 0.717 bits per heavy atom. The lowest BCUT2D eigenvalue weighted by Crippen LogP contribution is -2.29. The summed E-state index contributed by atoms with van der Waals surface area (Å²) in [5, 5.41) is 9.46. The van der Waals surface area contributed by atoms with E-state index in [0.717, 1.165) is 83.8 Å². The number of carbonyl (C=O) groups is 2. The van der Waals surface area contributed by atoms with Crippen LogP contribution in [0.5, 0.6) is 0 Å². The van der Waals surface area contributed by atoms with Crippen LogP contribution in [0.2, 0.25) is 0 Å². The van der Waals surface area contributed by atoms with Crippen LogP contribution in [0, 0.1) is 0 Å². The topological polar surface area (TPSA) is 76.1 Å². The summed E-state index contributed by atoms with van der Waals surface area (Å²) >= 11 is 0. The molecule has 0 aromatic heterocycles. The van der Waals surface area contributed by atoms with Crippen molar-refractivity contribution >= 4 is 11.9 Å². The summed E-state index contributed by atoms with van der Waals surface area (Å²) in [7, 11) is 0. The largest absolute Gasteiger partial charge is 0.466 e. The van der Waals surface area contributed by atoms with E-state index in [-0.39, 0.29) is 18.5 Å². The average Bonchev–Trinajstić information content (AvgIpc) is 3.05. The van der Waals surface area contributed by atoms with E-state index < -0.39 is 0 Å². The summed E-state index contributed by atoms with van der Waals surface area (Å²) in [4.78, 5) is 26.3. The molecule has 0 radical (unpaired) electrons. The Morgan fingerprint density at radius 3 is 1.07 bits per heavy atom. The van der Waals surface area contributed by atoms with Crippen LogP contribution < -0.4 is 0 Å². The highest BCUT2D eigenvalue weighted by atomic mass is 16.5. The Morgan fingerprint density at radius 1 is 0.413 bits per heavy atom. The summed E-state index contributed by atoms with van der Waals surface area (Å²) in [5.74, 6) is -0.0593. The number of hydrogen-bond acceptors (Lipinski definition) is 6. The Balaban J connectivity index is 3.52. The van der Waals surface area contributed by atoms with Gasteiger partial charge in [0.1, 0.15) is 0 Å². The highest BCUT2D eigenvalue weighted by Crippen LogP contribution is 2.13. The molecule has 0 rings (SSSR count). The molecule has 0 aliphatic rings. The fourth-order valence-corrected chi connectivity index (χ4v) is 6.09. The summed E-state index contributed by atoms with van der Waals surface area (Å²) < 4.78 is 10.8. The van der Waals surface area contributed by atoms with Crippen LogP contribution in [0.1, 0.15) is 206 Å². The van der Waals surface area contributed by atoms with Crippen molar-refractivity contribution in [2.75, 3.05) is 39.5 Å². The van der Waals surface area contributed by atoms with Gasteiger partial charge in [0, 0.05) is 19.4 Å². The minimum atomic E-state index is -0.0297. The molecule has 0 saturated heterocycles. The van der Waals surface area contributed by atoms with E-state index in [4.69, 9.17) is 9.47 Å². The molecular weight excluding hydrogens is 574 g/mol. The maximum Gasteiger partial charge on any atom is 0.305 e. The lowest BCUT2D eigenvalue weighted by Gasteiger charge is -2.21. The number of aliphatic hydroxyl groups is 1. The smallest absolute Gasteiger partial charge is 0.305 e. The summed E-state index contributed by atoms with van der Waals surface area (Å²) in [6.07, 6.45) is 35.1. The minimum absolute atomic E-state index is 0.0297. The first kappa shape index (κ1) is 44.9. The number of esters is 2. The molecule has 0 atom stereocenters. The molecule has 0 unspecified atom stereocenters. The van der Waals surface area contributed by atoms with Gasteiger partial charge in [-0.1, -0.05) is 155 Å². The molecule has 1 N–H and O–H groups in total. The molecule has 0 fully saturated rings. The quantitative estimate of drug-likeness (QED) is 0.0528. The first-order valence-corrected chi connectivity index (χ1v) is 20.3. The number of unbranched alkanes of at least 4 members (excludes halogenated alkanes) is 24. The molecule has 0 amide bonds. The summed E-state index contributed by atoms with van der Waals surface area (Å²) in [6.45, 7) is 8.71. The normalized spacial score (nSPS) is 11.4. The third-order valence-corrected chi connectivity index (χ3v) is 9.15. The number of carbonyl (C=O) groups excluding carboxylic acids is 2. The highest BCUT2D eigenvalue weighted by molar-refractivity contribution is 5.69. The molecule has 0 aliphatic heterocycles. The van der Waals surface area contributed by atoms with E-state index in [2.05, 4.69) is 18.7 Å². The van der Waals surface area contributed by atoms with Crippen molar-refractivity contribution < 1.29 is 24.2 Å². The Labute approximate surface area is 286 Å². The molecule has 274 valence electrons. The van der Waals surface area contributed by atoms with Crippen LogP contribution in [-0.4, -0.2) is 61.4 Å². The van der Waals surface area contributed by atoms with E-state index in [1.54, 1.807) is 0 Å². The Bertz CT molecular complexity index is 579. The van der Waals surface area contributed by atoms with Crippen molar-refractivity contribution in [3.63, 3.8) is 0 Å². The van der Waals surface area contributed by atoms with Gasteiger partial charge in [-0.2, -0.15) is 0 Å². The van der Waals surface area contributed by atoms with Crippen LogP contribution in [0.15, 0.2) is 0 Å².